The molecule has 1 unspecified atom stereocenters. The predicted octanol–water partition coefficient (Wildman–Crippen LogP) is 2.22. The van der Waals surface area contributed by atoms with Crippen molar-refractivity contribution in [2.24, 2.45) is 5.92 Å². The summed E-state index contributed by atoms with van der Waals surface area (Å²) in [4.78, 5) is -0.0726. The molecule has 1 fully saturated rings. The van der Waals surface area contributed by atoms with Gasteiger partial charge in [0.05, 0.1) is 16.8 Å². The summed E-state index contributed by atoms with van der Waals surface area (Å²) in [6.07, 6.45) is 0.842. The summed E-state index contributed by atoms with van der Waals surface area (Å²) < 4.78 is 45.5. The fourth-order valence-corrected chi connectivity index (χ4v) is 4.46. The minimum Gasteiger partial charge on any atom is -0.398 e. The highest BCUT2D eigenvalue weighted by molar-refractivity contribution is 9.10. The molecule has 0 aliphatic carbocycles. The second-order valence-electron chi connectivity index (χ2n) is 4.99. The average molecular weight is 381 g/mol. The van der Waals surface area contributed by atoms with Crippen LogP contribution in [-0.2, 0) is 14.8 Å². The largest absolute Gasteiger partial charge is 0.398 e. The van der Waals surface area contributed by atoms with Crippen molar-refractivity contribution in [1.29, 1.82) is 0 Å². The molecule has 1 saturated heterocycles. The summed E-state index contributed by atoms with van der Waals surface area (Å²) in [5, 5.41) is 0. The van der Waals surface area contributed by atoms with Crippen LogP contribution in [0.25, 0.3) is 0 Å². The second-order valence-corrected chi connectivity index (χ2v) is 7.75. The van der Waals surface area contributed by atoms with Gasteiger partial charge in [-0.1, -0.05) is 6.92 Å². The number of ether oxygens (including phenoxy) is 1. The molecule has 0 amide bonds. The Morgan fingerprint density at radius 2 is 2.24 bits per heavy atom. The summed E-state index contributed by atoms with van der Waals surface area (Å²) in [7, 11) is -3.75. The Hall–Kier alpha value is -0.700. The first kappa shape index (κ1) is 16.7. The van der Waals surface area contributed by atoms with Gasteiger partial charge in [-0.3, -0.25) is 0 Å². The fourth-order valence-electron chi connectivity index (χ4n) is 2.32. The molecule has 1 aromatic rings. The molecule has 118 valence electrons. The van der Waals surface area contributed by atoms with Crippen molar-refractivity contribution in [1.82, 2.24) is 4.31 Å². The third kappa shape index (κ3) is 3.56. The smallest absolute Gasteiger partial charge is 0.245 e. The van der Waals surface area contributed by atoms with Crippen molar-refractivity contribution in [2.75, 3.05) is 32.0 Å². The first-order valence-corrected chi connectivity index (χ1v) is 8.92. The van der Waals surface area contributed by atoms with Crippen molar-refractivity contribution < 1.29 is 17.5 Å². The summed E-state index contributed by atoms with van der Waals surface area (Å²) in [6, 6.07) is 2.23. The Balaban J connectivity index is 2.32. The van der Waals surface area contributed by atoms with E-state index >= 15 is 0 Å². The lowest BCUT2D eigenvalue weighted by Gasteiger charge is -2.24. The average Bonchev–Trinajstić information content (AvgIpc) is 2.92. The van der Waals surface area contributed by atoms with E-state index in [-0.39, 0.29) is 21.0 Å². The SMILES string of the molecule is CCN(CC1CCOC1)S(=O)(=O)c1cc(Br)c(F)cc1N. The second kappa shape index (κ2) is 6.60. The highest BCUT2D eigenvalue weighted by atomic mass is 79.9. The molecule has 0 bridgehead atoms. The molecule has 1 heterocycles. The molecular weight excluding hydrogens is 363 g/mol. The first-order valence-electron chi connectivity index (χ1n) is 6.68. The van der Waals surface area contributed by atoms with E-state index in [0.29, 0.717) is 26.3 Å². The Labute approximate surface area is 132 Å². The zero-order valence-electron chi connectivity index (χ0n) is 11.7. The lowest BCUT2D eigenvalue weighted by molar-refractivity contribution is 0.181. The van der Waals surface area contributed by atoms with Crippen molar-refractivity contribution in [3.63, 3.8) is 0 Å². The Kier molecular flexibility index (Phi) is 5.24. The van der Waals surface area contributed by atoms with E-state index in [1.54, 1.807) is 6.92 Å². The summed E-state index contributed by atoms with van der Waals surface area (Å²) >= 11 is 3.00. The molecule has 0 aromatic heterocycles. The fraction of sp³-hybridized carbons (Fsp3) is 0.538. The molecule has 21 heavy (non-hydrogen) atoms. The van der Waals surface area contributed by atoms with Gasteiger partial charge in [-0.15, -0.1) is 0 Å². The summed E-state index contributed by atoms with van der Waals surface area (Å²) in [5.74, 6) is -0.400. The Bertz CT molecular complexity index is 618. The van der Waals surface area contributed by atoms with Crippen molar-refractivity contribution in [3.8, 4) is 0 Å². The van der Waals surface area contributed by atoms with Crippen LogP contribution < -0.4 is 5.73 Å². The number of halogens is 2. The minimum absolute atomic E-state index is 0.0726. The highest BCUT2D eigenvalue weighted by Crippen LogP contribution is 2.29. The van der Waals surface area contributed by atoms with Crippen LogP contribution in [0.1, 0.15) is 13.3 Å². The number of rotatable bonds is 5. The molecular formula is C13H18BrFN2O3S. The van der Waals surface area contributed by atoms with E-state index in [2.05, 4.69) is 15.9 Å². The van der Waals surface area contributed by atoms with Crippen molar-refractivity contribution in [2.45, 2.75) is 18.2 Å². The first-order chi connectivity index (χ1) is 9.86. The predicted molar refractivity (Wildman–Crippen MR) is 81.9 cm³/mol. The highest BCUT2D eigenvalue weighted by Gasteiger charge is 2.29. The number of nitrogens with two attached hydrogens (primary N) is 1. The summed E-state index contributed by atoms with van der Waals surface area (Å²) in [6.45, 7) is 3.70. The van der Waals surface area contributed by atoms with Gasteiger partial charge in [0, 0.05) is 19.7 Å². The van der Waals surface area contributed by atoms with E-state index < -0.39 is 15.8 Å². The van der Waals surface area contributed by atoms with Gasteiger partial charge in [0.1, 0.15) is 10.7 Å². The van der Waals surface area contributed by atoms with Gasteiger partial charge in [0.25, 0.3) is 0 Å². The van der Waals surface area contributed by atoms with Gasteiger partial charge in [-0.2, -0.15) is 4.31 Å². The van der Waals surface area contributed by atoms with E-state index in [0.717, 1.165) is 12.5 Å². The molecule has 0 saturated carbocycles. The maximum absolute atomic E-state index is 13.4. The molecule has 2 rings (SSSR count). The van der Waals surface area contributed by atoms with E-state index in [1.807, 2.05) is 0 Å². The molecule has 0 spiro atoms. The van der Waals surface area contributed by atoms with Crippen molar-refractivity contribution in [3.05, 3.63) is 22.4 Å². The molecule has 1 aliphatic heterocycles. The number of benzene rings is 1. The van der Waals surface area contributed by atoms with Crippen LogP contribution in [0.2, 0.25) is 0 Å². The van der Waals surface area contributed by atoms with Crippen molar-refractivity contribution >= 4 is 31.6 Å². The Morgan fingerprint density at radius 1 is 1.52 bits per heavy atom. The standard InChI is InChI=1S/C13H18BrFN2O3S/c1-2-17(7-9-3-4-20-8-9)21(18,19)13-5-10(14)11(15)6-12(13)16/h5-6,9H,2-4,7-8,16H2,1H3. The Morgan fingerprint density at radius 3 is 2.81 bits per heavy atom. The molecule has 1 aliphatic rings. The van der Waals surface area contributed by atoms with Crippen LogP contribution in [0.5, 0.6) is 0 Å². The zero-order chi connectivity index (χ0) is 15.6. The van der Waals surface area contributed by atoms with Gasteiger partial charge >= 0.3 is 0 Å². The number of nitrogen functional groups attached to an aromatic ring is 1. The van der Waals surface area contributed by atoms with Crippen LogP contribution in [0.4, 0.5) is 10.1 Å². The number of nitrogens with zero attached hydrogens (tertiary/aromatic N) is 1. The molecule has 5 nitrogen and oxygen atoms in total. The van der Waals surface area contributed by atoms with Gasteiger partial charge in [0.2, 0.25) is 10.0 Å². The van der Waals surface area contributed by atoms with Gasteiger partial charge < -0.3 is 10.5 Å². The van der Waals surface area contributed by atoms with Gasteiger partial charge in [-0.25, -0.2) is 12.8 Å². The monoisotopic (exact) mass is 380 g/mol. The van der Waals surface area contributed by atoms with Crippen LogP contribution >= 0.6 is 15.9 Å². The molecule has 1 aromatic carbocycles. The quantitative estimate of drug-likeness (QED) is 0.794. The number of sulfonamides is 1. The topological polar surface area (TPSA) is 72.6 Å². The normalized spacial score (nSPS) is 19.3. The maximum Gasteiger partial charge on any atom is 0.245 e. The van der Waals surface area contributed by atoms with E-state index in [9.17, 15) is 12.8 Å². The lowest BCUT2D eigenvalue weighted by atomic mass is 10.1. The number of hydrogen-bond donors (Lipinski definition) is 1. The van der Waals surface area contributed by atoms with Crippen LogP contribution in [0.15, 0.2) is 21.5 Å². The molecule has 8 heteroatoms. The molecule has 1 atom stereocenters. The minimum atomic E-state index is -3.75. The van der Waals surface area contributed by atoms with Crippen LogP contribution in [-0.4, -0.2) is 39.0 Å². The van der Waals surface area contributed by atoms with Gasteiger partial charge in [0.15, 0.2) is 0 Å². The number of hydrogen-bond acceptors (Lipinski definition) is 4. The van der Waals surface area contributed by atoms with Crippen LogP contribution in [0, 0.1) is 11.7 Å². The third-order valence-corrected chi connectivity index (χ3v) is 6.11. The molecule has 2 N–H and O–H groups in total. The zero-order valence-corrected chi connectivity index (χ0v) is 14.1. The summed E-state index contributed by atoms with van der Waals surface area (Å²) in [5.41, 5.74) is 5.60. The van der Waals surface area contributed by atoms with E-state index in [4.69, 9.17) is 10.5 Å². The van der Waals surface area contributed by atoms with E-state index in [1.165, 1.54) is 10.4 Å². The lowest BCUT2D eigenvalue weighted by Crippen LogP contribution is -2.36. The molecule has 0 radical (unpaired) electrons. The number of anilines is 1. The van der Waals surface area contributed by atoms with Gasteiger partial charge in [-0.05, 0) is 40.4 Å². The maximum atomic E-state index is 13.4. The van der Waals surface area contributed by atoms with Crippen LogP contribution in [0.3, 0.4) is 0 Å². The third-order valence-electron chi connectivity index (χ3n) is 3.51.